The molecule has 0 aliphatic rings. The highest BCUT2D eigenvalue weighted by molar-refractivity contribution is 6.32. The van der Waals surface area contributed by atoms with E-state index in [4.69, 9.17) is 16.3 Å². The van der Waals surface area contributed by atoms with Gasteiger partial charge in [0.25, 0.3) is 11.2 Å². The van der Waals surface area contributed by atoms with E-state index in [1.807, 2.05) is 0 Å². The number of phenolic OH excluding ortho intramolecular Hbond substituents is 1. The highest BCUT2D eigenvalue weighted by atomic mass is 35.5. The molecule has 0 bridgehead atoms. The van der Waals surface area contributed by atoms with E-state index in [-0.39, 0.29) is 33.5 Å². The van der Waals surface area contributed by atoms with E-state index in [1.54, 1.807) is 0 Å². The van der Waals surface area contributed by atoms with Gasteiger partial charge in [0.15, 0.2) is 11.5 Å². The number of aromatic nitrogens is 2. The molecule has 0 atom stereocenters. The largest absolute Gasteiger partial charge is 0.504 e. The fourth-order valence-electron chi connectivity index (χ4n) is 1.76. The number of phenols is 1. The zero-order valence-electron chi connectivity index (χ0n) is 12.6. The van der Waals surface area contributed by atoms with Crippen LogP contribution in [0.1, 0.15) is 5.56 Å². The Balaban J connectivity index is 2.33. The molecule has 126 valence electrons. The molecule has 24 heavy (non-hydrogen) atoms. The smallest absolute Gasteiger partial charge is 0.287 e. The third-order valence-electron chi connectivity index (χ3n) is 2.99. The minimum absolute atomic E-state index is 0.0266. The zero-order chi connectivity index (χ0) is 17.9. The van der Waals surface area contributed by atoms with Gasteiger partial charge in [-0.2, -0.15) is 10.2 Å². The number of rotatable bonds is 5. The van der Waals surface area contributed by atoms with Gasteiger partial charge in [-0.05, 0) is 6.07 Å². The summed E-state index contributed by atoms with van der Waals surface area (Å²) in [6.45, 7) is 0. The first-order chi connectivity index (χ1) is 11.3. The molecule has 0 spiro atoms. The molecule has 2 N–H and O–H groups in total. The maximum atomic E-state index is 11.6. The normalized spacial score (nSPS) is 10.8. The summed E-state index contributed by atoms with van der Waals surface area (Å²) in [5.41, 5.74) is 1.79. The first kappa shape index (κ1) is 17.2. The number of ether oxygens (including phenoxy) is 1. The summed E-state index contributed by atoms with van der Waals surface area (Å²) in [6.07, 6.45) is 2.38. The lowest BCUT2D eigenvalue weighted by molar-refractivity contribution is -0.385. The molecule has 1 aromatic heterocycles. The van der Waals surface area contributed by atoms with Gasteiger partial charge in [-0.25, -0.2) is 4.68 Å². The second-order valence-electron chi connectivity index (χ2n) is 4.51. The molecule has 0 amide bonds. The monoisotopic (exact) mass is 353 g/mol. The van der Waals surface area contributed by atoms with E-state index in [2.05, 4.69) is 15.6 Å². The number of nitrogens with zero attached hydrogens (tertiary/aromatic N) is 4. The minimum Gasteiger partial charge on any atom is -0.504 e. The Morgan fingerprint density at radius 2 is 2.25 bits per heavy atom. The number of methoxy groups -OCH3 is 1. The van der Waals surface area contributed by atoms with Crippen LogP contribution >= 0.6 is 11.6 Å². The van der Waals surface area contributed by atoms with Crippen LogP contribution in [0, 0.1) is 10.1 Å². The Morgan fingerprint density at radius 3 is 2.88 bits per heavy atom. The number of anilines is 1. The van der Waals surface area contributed by atoms with Crippen molar-refractivity contribution in [3.8, 4) is 11.5 Å². The number of nitro groups is 1. The van der Waals surface area contributed by atoms with Gasteiger partial charge in [0.2, 0.25) is 0 Å². The number of benzene rings is 1. The van der Waals surface area contributed by atoms with Gasteiger partial charge in [-0.3, -0.25) is 20.3 Å². The Labute approximate surface area is 140 Å². The molecule has 0 radical (unpaired) electrons. The number of hydrazone groups is 1. The van der Waals surface area contributed by atoms with Gasteiger partial charge >= 0.3 is 0 Å². The number of nitro benzene ring substituents is 1. The second kappa shape index (κ2) is 6.96. The van der Waals surface area contributed by atoms with E-state index in [0.29, 0.717) is 0 Å². The fourth-order valence-corrected chi connectivity index (χ4v) is 1.97. The quantitative estimate of drug-likeness (QED) is 0.473. The molecule has 1 aromatic carbocycles. The van der Waals surface area contributed by atoms with Gasteiger partial charge < -0.3 is 9.84 Å². The van der Waals surface area contributed by atoms with Crippen molar-refractivity contribution in [1.82, 2.24) is 9.78 Å². The molecule has 2 aromatic rings. The number of hydrogen-bond donors (Lipinski definition) is 2. The van der Waals surface area contributed by atoms with Crippen LogP contribution in [0.15, 0.2) is 28.2 Å². The molecule has 0 aliphatic heterocycles. The SMILES string of the molecule is COc1cc([N+](=O)[O-])c(/C=N\Nc2cnn(C)c(=O)c2Cl)cc1O. The molecular formula is C13H12ClN5O5. The van der Waals surface area contributed by atoms with Crippen molar-refractivity contribution in [2.45, 2.75) is 0 Å². The number of halogens is 1. The summed E-state index contributed by atoms with van der Waals surface area (Å²) in [5.74, 6) is -0.316. The lowest BCUT2D eigenvalue weighted by Gasteiger charge is -2.06. The molecule has 1 heterocycles. The molecule has 0 aliphatic carbocycles. The maximum absolute atomic E-state index is 11.6. The first-order valence-electron chi connectivity index (χ1n) is 6.41. The van der Waals surface area contributed by atoms with Crippen molar-refractivity contribution in [2.24, 2.45) is 12.1 Å². The number of aromatic hydroxyl groups is 1. The number of aryl methyl sites for hydroxylation is 1. The van der Waals surface area contributed by atoms with Gasteiger partial charge in [-0.15, -0.1) is 0 Å². The Kier molecular flexibility index (Phi) is 4.99. The zero-order valence-corrected chi connectivity index (χ0v) is 13.3. The Hall–Kier alpha value is -3.14. The average molecular weight is 354 g/mol. The molecular weight excluding hydrogens is 342 g/mol. The molecule has 0 saturated carbocycles. The third kappa shape index (κ3) is 3.43. The van der Waals surface area contributed by atoms with Crippen molar-refractivity contribution >= 4 is 29.2 Å². The highest BCUT2D eigenvalue weighted by Crippen LogP contribution is 2.32. The van der Waals surface area contributed by atoms with E-state index in [1.165, 1.54) is 20.4 Å². The molecule has 10 nitrogen and oxygen atoms in total. The van der Waals surface area contributed by atoms with Crippen molar-refractivity contribution in [1.29, 1.82) is 0 Å². The fraction of sp³-hybridized carbons (Fsp3) is 0.154. The first-order valence-corrected chi connectivity index (χ1v) is 6.79. The molecule has 0 saturated heterocycles. The van der Waals surface area contributed by atoms with Gasteiger partial charge in [-0.1, -0.05) is 11.6 Å². The number of hydrogen-bond acceptors (Lipinski definition) is 8. The van der Waals surface area contributed by atoms with Crippen molar-refractivity contribution in [3.63, 3.8) is 0 Å². The molecule has 0 fully saturated rings. The minimum atomic E-state index is -0.643. The molecule has 2 rings (SSSR count). The predicted molar refractivity (Wildman–Crippen MR) is 87.0 cm³/mol. The van der Waals surface area contributed by atoms with Crippen molar-refractivity contribution in [2.75, 3.05) is 12.5 Å². The van der Waals surface area contributed by atoms with Crippen LogP contribution in [0.2, 0.25) is 5.02 Å². The molecule has 11 heteroatoms. The van der Waals surface area contributed by atoms with Gasteiger partial charge in [0.1, 0.15) is 10.7 Å². The Morgan fingerprint density at radius 1 is 1.54 bits per heavy atom. The topological polar surface area (TPSA) is 132 Å². The summed E-state index contributed by atoms with van der Waals surface area (Å²) in [7, 11) is 2.71. The third-order valence-corrected chi connectivity index (χ3v) is 3.36. The maximum Gasteiger partial charge on any atom is 0.287 e. The lowest BCUT2D eigenvalue weighted by Crippen LogP contribution is -2.20. The summed E-state index contributed by atoms with van der Waals surface area (Å²) in [6, 6.07) is 2.20. The van der Waals surface area contributed by atoms with Crippen LogP contribution in [0.25, 0.3) is 0 Å². The van der Waals surface area contributed by atoms with Crippen LogP contribution in [0.3, 0.4) is 0 Å². The van der Waals surface area contributed by atoms with Gasteiger partial charge in [0.05, 0.1) is 36.1 Å². The van der Waals surface area contributed by atoms with Crippen LogP contribution in [-0.2, 0) is 7.05 Å². The van der Waals surface area contributed by atoms with Crippen molar-refractivity contribution in [3.05, 3.63) is 49.4 Å². The van der Waals surface area contributed by atoms with Crippen LogP contribution in [0.4, 0.5) is 11.4 Å². The van der Waals surface area contributed by atoms with Crippen LogP contribution < -0.4 is 15.7 Å². The van der Waals surface area contributed by atoms with E-state index < -0.39 is 10.5 Å². The predicted octanol–water partition coefficient (Wildman–Crippen LogP) is 1.50. The summed E-state index contributed by atoms with van der Waals surface area (Å²) < 4.78 is 5.87. The summed E-state index contributed by atoms with van der Waals surface area (Å²) in [4.78, 5) is 22.1. The summed E-state index contributed by atoms with van der Waals surface area (Å²) in [5, 5.41) is 28.2. The van der Waals surface area contributed by atoms with E-state index in [0.717, 1.165) is 23.0 Å². The lowest BCUT2D eigenvalue weighted by atomic mass is 10.1. The average Bonchev–Trinajstić information content (AvgIpc) is 2.54. The second-order valence-corrected chi connectivity index (χ2v) is 4.89. The van der Waals surface area contributed by atoms with Crippen LogP contribution in [0.5, 0.6) is 11.5 Å². The van der Waals surface area contributed by atoms with Gasteiger partial charge in [0, 0.05) is 7.05 Å². The number of nitrogens with one attached hydrogen (secondary N) is 1. The Bertz CT molecular complexity index is 880. The standard InChI is InChI=1S/C13H12ClN5O5/c1-18-13(21)12(14)8(6-16-18)17-15-5-7-3-10(20)11(24-2)4-9(7)19(22)23/h3-6,17,20H,1-2H3/b15-5-. The van der Waals surface area contributed by atoms with Crippen molar-refractivity contribution < 1.29 is 14.8 Å². The molecule has 0 unspecified atom stereocenters. The highest BCUT2D eigenvalue weighted by Gasteiger charge is 2.17. The van der Waals surface area contributed by atoms with Crippen LogP contribution in [-0.4, -0.2) is 33.1 Å². The van der Waals surface area contributed by atoms with E-state index in [9.17, 15) is 20.0 Å². The summed E-state index contributed by atoms with van der Waals surface area (Å²) >= 11 is 5.85. The van der Waals surface area contributed by atoms with E-state index >= 15 is 0 Å².